The largest absolute Gasteiger partial charge is 0.331 e. The zero-order valence-electron chi connectivity index (χ0n) is 17.7. The number of anilines is 2. The second kappa shape index (κ2) is 8.02. The first-order chi connectivity index (χ1) is 15.1. The number of carbonyl (C=O) groups excluding carboxylic acids is 2. The second-order valence-electron chi connectivity index (χ2n) is 8.50. The van der Waals surface area contributed by atoms with Crippen LogP contribution in [0, 0.1) is 12.8 Å². The topological polar surface area (TPSA) is 67.2 Å². The molecule has 3 aromatic rings. The van der Waals surface area contributed by atoms with E-state index < -0.39 is 0 Å². The average Bonchev–Trinajstić information content (AvgIpc) is 3.49. The van der Waals surface area contributed by atoms with E-state index in [4.69, 9.17) is 0 Å². The number of imidazole rings is 1. The van der Waals surface area contributed by atoms with Gasteiger partial charge in [-0.2, -0.15) is 0 Å². The van der Waals surface area contributed by atoms with Crippen molar-refractivity contribution in [2.24, 2.45) is 5.92 Å². The first-order valence-electron chi connectivity index (χ1n) is 10.9. The molecular weight excluding hydrogens is 388 g/mol. The van der Waals surface area contributed by atoms with E-state index in [-0.39, 0.29) is 24.2 Å². The van der Waals surface area contributed by atoms with Crippen LogP contribution in [0.1, 0.15) is 35.4 Å². The number of amides is 2. The Kier molecular flexibility index (Phi) is 5.06. The summed E-state index contributed by atoms with van der Waals surface area (Å²) in [5.41, 5.74) is 5.53. The smallest absolute Gasteiger partial charge is 0.229 e. The fraction of sp³-hybridized carbons (Fsp3) is 0.320. The molecule has 1 saturated heterocycles. The fourth-order valence-corrected chi connectivity index (χ4v) is 4.56. The summed E-state index contributed by atoms with van der Waals surface area (Å²) in [5, 5.41) is 2.98. The van der Waals surface area contributed by atoms with E-state index in [1.165, 1.54) is 17.5 Å². The molecule has 0 saturated carbocycles. The Hall–Kier alpha value is -3.41. The normalized spacial score (nSPS) is 17.8. The maximum atomic E-state index is 12.8. The van der Waals surface area contributed by atoms with Crippen molar-refractivity contribution in [1.29, 1.82) is 0 Å². The third-order valence-corrected chi connectivity index (χ3v) is 6.39. The number of nitrogens with one attached hydrogen (secondary N) is 1. The predicted octanol–water partition coefficient (Wildman–Crippen LogP) is 3.72. The van der Waals surface area contributed by atoms with Gasteiger partial charge in [-0.1, -0.05) is 18.2 Å². The van der Waals surface area contributed by atoms with Crippen LogP contribution in [0.2, 0.25) is 0 Å². The highest BCUT2D eigenvalue weighted by Gasteiger charge is 2.35. The van der Waals surface area contributed by atoms with Crippen LogP contribution in [-0.2, 0) is 29.0 Å². The Morgan fingerprint density at radius 2 is 1.94 bits per heavy atom. The van der Waals surface area contributed by atoms with E-state index in [2.05, 4.69) is 27.0 Å². The van der Waals surface area contributed by atoms with Gasteiger partial charge < -0.3 is 14.8 Å². The maximum Gasteiger partial charge on any atom is 0.229 e. The Balaban J connectivity index is 1.22. The van der Waals surface area contributed by atoms with Gasteiger partial charge in [-0.15, -0.1) is 0 Å². The molecule has 1 unspecified atom stereocenters. The van der Waals surface area contributed by atoms with E-state index in [9.17, 15) is 9.59 Å². The van der Waals surface area contributed by atoms with Crippen LogP contribution < -0.4 is 10.2 Å². The number of rotatable bonds is 5. The number of aryl methyl sites for hydroxylation is 3. The third-order valence-electron chi connectivity index (χ3n) is 6.39. The van der Waals surface area contributed by atoms with Crippen molar-refractivity contribution in [3.05, 3.63) is 77.4 Å². The minimum atomic E-state index is -0.339. The van der Waals surface area contributed by atoms with Crippen molar-refractivity contribution in [3.8, 4) is 0 Å². The van der Waals surface area contributed by atoms with Crippen molar-refractivity contribution in [2.45, 2.75) is 39.2 Å². The summed E-state index contributed by atoms with van der Waals surface area (Å²) >= 11 is 0. The average molecular weight is 415 g/mol. The molecule has 0 spiro atoms. The Morgan fingerprint density at radius 3 is 2.71 bits per heavy atom. The fourth-order valence-electron chi connectivity index (χ4n) is 4.56. The van der Waals surface area contributed by atoms with Gasteiger partial charge in [0, 0.05) is 43.3 Å². The lowest BCUT2D eigenvalue weighted by atomic mass is 10.1. The lowest BCUT2D eigenvalue weighted by Crippen LogP contribution is -2.28. The zero-order chi connectivity index (χ0) is 21.4. The molecule has 1 aromatic heterocycles. The van der Waals surface area contributed by atoms with Gasteiger partial charge in [0.2, 0.25) is 11.8 Å². The minimum absolute atomic E-state index is 0.0177. The van der Waals surface area contributed by atoms with Crippen LogP contribution in [0.4, 0.5) is 11.4 Å². The molecule has 6 nitrogen and oxygen atoms in total. The standard InChI is InChI=1S/C25H26N4O2/c1-17-26-11-12-28(17)15-18-5-8-22(9-6-18)27-25(31)21-14-24(30)29(16-21)23-10-7-19-3-2-4-20(19)13-23/h5-13,21H,2-4,14-16H2,1H3,(H,27,31). The number of hydrogen-bond acceptors (Lipinski definition) is 3. The van der Waals surface area contributed by atoms with E-state index in [1.807, 2.05) is 43.5 Å². The summed E-state index contributed by atoms with van der Waals surface area (Å²) in [6, 6.07) is 14.1. The zero-order valence-corrected chi connectivity index (χ0v) is 17.7. The van der Waals surface area contributed by atoms with E-state index in [1.54, 1.807) is 11.1 Å². The highest BCUT2D eigenvalue weighted by atomic mass is 16.2. The van der Waals surface area contributed by atoms with Crippen molar-refractivity contribution in [3.63, 3.8) is 0 Å². The summed E-state index contributed by atoms with van der Waals surface area (Å²) in [4.78, 5) is 31.4. The van der Waals surface area contributed by atoms with Crippen molar-refractivity contribution >= 4 is 23.2 Å². The van der Waals surface area contributed by atoms with Gasteiger partial charge in [0.05, 0.1) is 5.92 Å². The third kappa shape index (κ3) is 3.98. The molecule has 2 amide bonds. The van der Waals surface area contributed by atoms with Crippen molar-refractivity contribution in [2.75, 3.05) is 16.8 Å². The van der Waals surface area contributed by atoms with Crippen LogP contribution in [-0.4, -0.2) is 27.9 Å². The second-order valence-corrected chi connectivity index (χ2v) is 8.50. The number of fused-ring (bicyclic) bond motifs is 1. The lowest BCUT2D eigenvalue weighted by molar-refractivity contribution is -0.122. The van der Waals surface area contributed by atoms with Crippen molar-refractivity contribution < 1.29 is 9.59 Å². The van der Waals surface area contributed by atoms with Gasteiger partial charge in [-0.25, -0.2) is 4.98 Å². The van der Waals surface area contributed by atoms with Gasteiger partial charge in [0.25, 0.3) is 0 Å². The molecule has 1 aliphatic heterocycles. The number of nitrogens with zero attached hydrogens (tertiary/aromatic N) is 3. The Morgan fingerprint density at radius 1 is 1.13 bits per heavy atom. The number of aromatic nitrogens is 2. The molecule has 6 heteroatoms. The molecule has 0 bridgehead atoms. The lowest BCUT2D eigenvalue weighted by Gasteiger charge is -2.18. The number of benzene rings is 2. The van der Waals surface area contributed by atoms with E-state index in [0.29, 0.717) is 6.54 Å². The van der Waals surface area contributed by atoms with Gasteiger partial charge in [0.1, 0.15) is 5.82 Å². The molecule has 1 aliphatic carbocycles. The molecule has 1 atom stereocenters. The minimum Gasteiger partial charge on any atom is -0.331 e. The van der Waals surface area contributed by atoms with Crippen LogP contribution >= 0.6 is 0 Å². The van der Waals surface area contributed by atoms with Gasteiger partial charge in [-0.3, -0.25) is 9.59 Å². The summed E-state index contributed by atoms with van der Waals surface area (Å²) in [6.45, 7) is 3.15. The summed E-state index contributed by atoms with van der Waals surface area (Å²) < 4.78 is 2.07. The quantitative estimate of drug-likeness (QED) is 0.692. The van der Waals surface area contributed by atoms with E-state index >= 15 is 0 Å². The molecule has 2 aliphatic rings. The van der Waals surface area contributed by atoms with Crippen LogP contribution in [0.15, 0.2) is 54.9 Å². The molecule has 2 aromatic carbocycles. The first-order valence-corrected chi connectivity index (χ1v) is 10.9. The summed E-state index contributed by atoms with van der Waals surface area (Å²) in [5.74, 6) is 0.546. The Bertz CT molecular complexity index is 1130. The van der Waals surface area contributed by atoms with Crippen LogP contribution in [0.3, 0.4) is 0 Å². The molecule has 0 radical (unpaired) electrons. The SMILES string of the molecule is Cc1nccn1Cc1ccc(NC(=O)C2CC(=O)N(c3ccc4c(c3)CCC4)C2)cc1. The highest BCUT2D eigenvalue weighted by molar-refractivity contribution is 6.03. The van der Waals surface area contributed by atoms with Gasteiger partial charge in [-0.05, 0) is 67.1 Å². The highest BCUT2D eigenvalue weighted by Crippen LogP contribution is 2.31. The number of hydrogen-bond donors (Lipinski definition) is 1. The monoisotopic (exact) mass is 414 g/mol. The van der Waals surface area contributed by atoms with Gasteiger partial charge >= 0.3 is 0 Å². The molecule has 5 rings (SSSR count). The molecule has 2 heterocycles. The van der Waals surface area contributed by atoms with Crippen LogP contribution in [0.5, 0.6) is 0 Å². The number of carbonyl (C=O) groups is 2. The Labute approximate surface area is 181 Å². The molecular formula is C25H26N4O2. The summed E-state index contributed by atoms with van der Waals surface area (Å²) in [7, 11) is 0. The van der Waals surface area contributed by atoms with E-state index in [0.717, 1.165) is 42.1 Å². The molecule has 1 fully saturated rings. The van der Waals surface area contributed by atoms with Gasteiger partial charge in [0.15, 0.2) is 0 Å². The molecule has 31 heavy (non-hydrogen) atoms. The summed E-state index contributed by atoms with van der Waals surface area (Å²) in [6.07, 6.45) is 7.37. The predicted molar refractivity (Wildman–Crippen MR) is 120 cm³/mol. The van der Waals surface area contributed by atoms with Crippen molar-refractivity contribution in [1.82, 2.24) is 9.55 Å². The molecule has 158 valence electrons. The van der Waals surface area contributed by atoms with Crippen LogP contribution in [0.25, 0.3) is 0 Å². The maximum absolute atomic E-state index is 12.8. The first kappa shape index (κ1) is 19.5. The molecule has 1 N–H and O–H groups in total.